The Labute approximate surface area is 124 Å². The molecule has 0 aliphatic heterocycles. The van der Waals surface area contributed by atoms with Gasteiger partial charge in [-0.2, -0.15) is 0 Å². The monoisotopic (exact) mass is 294 g/mol. The van der Waals surface area contributed by atoms with Crippen LogP contribution in [0.5, 0.6) is 5.75 Å². The topological polar surface area (TPSA) is 9.23 Å². The first-order valence-electron chi connectivity index (χ1n) is 6.31. The Balaban J connectivity index is 2.15. The van der Waals surface area contributed by atoms with Gasteiger partial charge >= 0.3 is 0 Å². The Morgan fingerprint density at radius 2 is 1.74 bits per heavy atom. The van der Waals surface area contributed by atoms with E-state index in [0.717, 1.165) is 28.3 Å². The van der Waals surface area contributed by atoms with E-state index in [1.165, 1.54) is 0 Å². The fourth-order valence-corrected chi connectivity index (χ4v) is 2.45. The second-order valence-corrected chi connectivity index (χ2v) is 5.23. The average Bonchev–Trinajstić information content (AvgIpc) is 2.42. The second-order valence-electron chi connectivity index (χ2n) is 4.27. The van der Waals surface area contributed by atoms with Crippen LogP contribution in [0.25, 0.3) is 0 Å². The molecule has 2 rings (SSSR count). The molecule has 0 radical (unpaired) electrons. The smallest absolute Gasteiger partial charge is 0.123 e. The van der Waals surface area contributed by atoms with Gasteiger partial charge in [0.15, 0.2) is 0 Å². The molecule has 0 saturated carbocycles. The summed E-state index contributed by atoms with van der Waals surface area (Å²) >= 11 is 12.4. The van der Waals surface area contributed by atoms with Crippen LogP contribution in [0.3, 0.4) is 0 Å². The van der Waals surface area contributed by atoms with Crippen molar-refractivity contribution in [1.82, 2.24) is 0 Å². The number of halogens is 2. The molecule has 0 spiro atoms. The summed E-state index contributed by atoms with van der Waals surface area (Å²) in [4.78, 5) is 0. The zero-order chi connectivity index (χ0) is 13.7. The molecule has 1 unspecified atom stereocenters. The highest BCUT2D eigenvalue weighted by atomic mass is 35.5. The third-order valence-electron chi connectivity index (χ3n) is 2.88. The minimum atomic E-state index is -0.107. The number of ether oxygens (including phenoxy) is 1. The highest BCUT2D eigenvalue weighted by Gasteiger charge is 2.13. The summed E-state index contributed by atoms with van der Waals surface area (Å²) in [6.07, 6.45) is 0.753. The molecule has 0 amide bonds. The standard InChI is InChI=1S/C16H16Cl2O/c1-2-19-16-6-4-3-5-14(16)15(18)11-12-7-9-13(17)10-8-12/h3-10,15H,2,11H2,1H3. The average molecular weight is 295 g/mol. The summed E-state index contributed by atoms with van der Waals surface area (Å²) in [7, 11) is 0. The third kappa shape index (κ3) is 3.89. The van der Waals surface area contributed by atoms with Crippen LogP contribution in [0.2, 0.25) is 5.02 Å². The van der Waals surface area contributed by atoms with Gasteiger partial charge < -0.3 is 4.74 Å². The van der Waals surface area contributed by atoms with Crippen molar-refractivity contribution in [3.05, 3.63) is 64.7 Å². The maximum atomic E-state index is 6.51. The Morgan fingerprint density at radius 1 is 1.05 bits per heavy atom. The molecular formula is C16H16Cl2O. The summed E-state index contributed by atoms with van der Waals surface area (Å²) < 4.78 is 5.61. The van der Waals surface area contributed by atoms with Gasteiger partial charge in [0, 0.05) is 10.6 Å². The van der Waals surface area contributed by atoms with Crippen LogP contribution < -0.4 is 4.74 Å². The molecule has 0 bridgehead atoms. The number of rotatable bonds is 5. The van der Waals surface area contributed by atoms with Gasteiger partial charge in [-0.25, -0.2) is 0 Å². The van der Waals surface area contributed by atoms with E-state index in [1.54, 1.807) is 0 Å². The van der Waals surface area contributed by atoms with Crippen molar-refractivity contribution in [2.45, 2.75) is 18.7 Å². The lowest BCUT2D eigenvalue weighted by Crippen LogP contribution is -2.01. The first-order valence-corrected chi connectivity index (χ1v) is 7.12. The molecule has 0 saturated heterocycles. The maximum Gasteiger partial charge on any atom is 0.123 e. The largest absolute Gasteiger partial charge is 0.494 e. The van der Waals surface area contributed by atoms with Crippen molar-refractivity contribution in [1.29, 1.82) is 0 Å². The molecule has 0 heterocycles. The van der Waals surface area contributed by atoms with Gasteiger partial charge in [-0.05, 0) is 37.1 Å². The molecule has 0 N–H and O–H groups in total. The van der Waals surface area contributed by atoms with Gasteiger partial charge in [0.1, 0.15) is 5.75 Å². The Bertz CT molecular complexity index is 523. The normalized spacial score (nSPS) is 12.2. The molecule has 0 aliphatic rings. The summed E-state index contributed by atoms with van der Waals surface area (Å²) in [6, 6.07) is 15.7. The maximum absolute atomic E-state index is 6.51. The molecule has 2 aromatic rings. The molecule has 19 heavy (non-hydrogen) atoms. The van der Waals surface area contributed by atoms with Crippen LogP contribution in [0, 0.1) is 0 Å². The summed E-state index contributed by atoms with van der Waals surface area (Å²) in [6.45, 7) is 2.61. The number of hydrogen-bond donors (Lipinski definition) is 0. The van der Waals surface area contributed by atoms with E-state index in [1.807, 2.05) is 55.5 Å². The Morgan fingerprint density at radius 3 is 2.42 bits per heavy atom. The van der Waals surface area contributed by atoms with E-state index in [-0.39, 0.29) is 5.38 Å². The molecule has 100 valence electrons. The minimum absolute atomic E-state index is 0.107. The number of hydrogen-bond acceptors (Lipinski definition) is 1. The van der Waals surface area contributed by atoms with Crippen LogP contribution in [0.4, 0.5) is 0 Å². The zero-order valence-corrected chi connectivity index (χ0v) is 12.3. The lowest BCUT2D eigenvalue weighted by Gasteiger charge is -2.15. The Hall–Kier alpha value is -1.18. The number of alkyl halides is 1. The zero-order valence-electron chi connectivity index (χ0n) is 10.8. The van der Waals surface area contributed by atoms with Gasteiger partial charge in [-0.3, -0.25) is 0 Å². The second kappa shape index (κ2) is 6.83. The SMILES string of the molecule is CCOc1ccccc1C(Cl)Cc1ccc(Cl)cc1. The summed E-state index contributed by atoms with van der Waals surface area (Å²) in [5.74, 6) is 0.860. The fourth-order valence-electron chi connectivity index (χ4n) is 1.96. The molecule has 0 fully saturated rings. The van der Waals surface area contributed by atoms with E-state index in [2.05, 4.69) is 0 Å². The van der Waals surface area contributed by atoms with Crippen molar-refractivity contribution in [2.24, 2.45) is 0 Å². The van der Waals surface area contributed by atoms with Crippen LogP contribution in [-0.2, 0) is 6.42 Å². The highest BCUT2D eigenvalue weighted by Crippen LogP contribution is 2.32. The van der Waals surface area contributed by atoms with E-state index < -0.39 is 0 Å². The highest BCUT2D eigenvalue weighted by molar-refractivity contribution is 6.30. The van der Waals surface area contributed by atoms with Gasteiger partial charge in [0.25, 0.3) is 0 Å². The van der Waals surface area contributed by atoms with E-state index in [0.29, 0.717) is 6.61 Å². The van der Waals surface area contributed by atoms with Gasteiger partial charge in [-0.15, -0.1) is 11.6 Å². The molecule has 0 aromatic heterocycles. The molecule has 0 aliphatic carbocycles. The third-order valence-corrected chi connectivity index (χ3v) is 3.53. The quantitative estimate of drug-likeness (QED) is 0.683. The van der Waals surface area contributed by atoms with Crippen molar-refractivity contribution in [2.75, 3.05) is 6.61 Å². The molecule has 1 atom stereocenters. The first kappa shape index (κ1) is 14.2. The lowest BCUT2D eigenvalue weighted by molar-refractivity contribution is 0.336. The van der Waals surface area contributed by atoms with Gasteiger partial charge in [0.2, 0.25) is 0 Å². The fraction of sp³-hybridized carbons (Fsp3) is 0.250. The van der Waals surface area contributed by atoms with Gasteiger partial charge in [-0.1, -0.05) is 41.9 Å². The van der Waals surface area contributed by atoms with Crippen molar-refractivity contribution in [3.8, 4) is 5.75 Å². The van der Waals surface area contributed by atoms with E-state index in [9.17, 15) is 0 Å². The lowest BCUT2D eigenvalue weighted by atomic mass is 10.0. The molecule has 1 nitrogen and oxygen atoms in total. The molecular weight excluding hydrogens is 279 g/mol. The molecule has 3 heteroatoms. The van der Waals surface area contributed by atoms with Crippen LogP contribution in [0.1, 0.15) is 23.4 Å². The van der Waals surface area contributed by atoms with Crippen molar-refractivity contribution < 1.29 is 4.74 Å². The summed E-state index contributed by atoms with van der Waals surface area (Å²) in [5.41, 5.74) is 2.19. The number of para-hydroxylation sites is 1. The van der Waals surface area contributed by atoms with E-state index >= 15 is 0 Å². The van der Waals surface area contributed by atoms with Crippen LogP contribution in [-0.4, -0.2) is 6.61 Å². The molecule has 2 aromatic carbocycles. The predicted molar refractivity (Wildman–Crippen MR) is 81.4 cm³/mol. The summed E-state index contributed by atoms with van der Waals surface area (Å²) in [5, 5.41) is 0.633. The van der Waals surface area contributed by atoms with E-state index in [4.69, 9.17) is 27.9 Å². The number of benzene rings is 2. The van der Waals surface area contributed by atoms with Crippen LogP contribution in [0.15, 0.2) is 48.5 Å². The van der Waals surface area contributed by atoms with Crippen molar-refractivity contribution in [3.63, 3.8) is 0 Å². The van der Waals surface area contributed by atoms with Crippen molar-refractivity contribution >= 4 is 23.2 Å². The predicted octanol–water partition coefficient (Wildman–Crippen LogP) is 5.26. The first-order chi connectivity index (χ1) is 9.20. The Kier molecular flexibility index (Phi) is 5.12. The van der Waals surface area contributed by atoms with Crippen LogP contribution >= 0.6 is 23.2 Å². The van der Waals surface area contributed by atoms with Gasteiger partial charge in [0.05, 0.1) is 12.0 Å². The minimum Gasteiger partial charge on any atom is -0.494 e.